The molecule has 0 aliphatic carbocycles. The molecule has 2 rings (SSSR count). The fourth-order valence-corrected chi connectivity index (χ4v) is 2.53. The van der Waals surface area contributed by atoms with Crippen LogP contribution in [0.4, 0.5) is 0 Å². The van der Waals surface area contributed by atoms with Crippen molar-refractivity contribution in [2.75, 3.05) is 33.4 Å². The topological polar surface area (TPSA) is 61.8 Å². The molecule has 0 aromatic heterocycles. The third-order valence-corrected chi connectivity index (χ3v) is 3.64. The van der Waals surface area contributed by atoms with Crippen LogP contribution in [0.2, 0.25) is 0 Å². The highest BCUT2D eigenvalue weighted by atomic mass is 16.5. The van der Waals surface area contributed by atoms with E-state index >= 15 is 0 Å². The van der Waals surface area contributed by atoms with Gasteiger partial charge in [-0.1, -0.05) is 12.1 Å². The summed E-state index contributed by atoms with van der Waals surface area (Å²) < 4.78 is 5.15. The number of hydrogen-bond donors (Lipinski definition) is 2. The predicted molar refractivity (Wildman–Crippen MR) is 76.6 cm³/mol. The number of likely N-dealkylation sites (tertiary alicyclic amines) is 1. The van der Waals surface area contributed by atoms with E-state index in [-0.39, 0.29) is 11.9 Å². The minimum absolute atomic E-state index is 0.0985. The molecule has 2 N–H and O–H groups in total. The molecule has 110 valence electrons. The number of hydrogen-bond acceptors (Lipinski definition) is 4. The third kappa shape index (κ3) is 3.95. The zero-order valence-corrected chi connectivity index (χ0v) is 11.8. The minimum Gasteiger partial charge on any atom is -0.497 e. The molecular formula is C15H22N2O3. The summed E-state index contributed by atoms with van der Waals surface area (Å²) in [4.78, 5) is 13.8. The smallest absolute Gasteiger partial charge is 0.246 e. The SMILES string of the molecule is COc1ccc([C@H](CN2CCCC2)NC(=O)CO)cc1. The van der Waals surface area contributed by atoms with E-state index < -0.39 is 6.61 Å². The Kier molecular flexibility index (Phi) is 5.38. The number of nitrogens with one attached hydrogen (secondary N) is 1. The summed E-state index contributed by atoms with van der Waals surface area (Å²) >= 11 is 0. The molecule has 1 fully saturated rings. The molecule has 1 amide bonds. The van der Waals surface area contributed by atoms with Crippen LogP contribution in [0, 0.1) is 0 Å². The lowest BCUT2D eigenvalue weighted by Crippen LogP contribution is -2.38. The molecule has 1 aromatic rings. The largest absolute Gasteiger partial charge is 0.497 e. The van der Waals surface area contributed by atoms with E-state index in [0.717, 1.165) is 30.9 Å². The van der Waals surface area contributed by atoms with Gasteiger partial charge >= 0.3 is 0 Å². The number of amides is 1. The molecule has 5 heteroatoms. The van der Waals surface area contributed by atoms with Crippen molar-refractivity contribution in [2.45, 2.75) is 18.9 Å². The zero-order chi connectivity index (χ0) is 14.4. The fraction of sp³-hybridized carbons (Fsp3) is 0.533. The number of rotatable bonds is 6. The second kappa shape index (κ2) is 7.26. The summed E-state index contributed by atoms with van der Waals surface area (Å²) in [7, 11) is 1.63. The van der Waals surface area contributed by atoms with Gasteiger partial charge in [0, 0.05) is 6.54 Å². The number of carbonyl (C=O) groups is 1. The average molecular weight is 278 g/mol. The Balaban J connectivity index is 2.08. The second-order valence-corrected chi connectivity index (χ2v) is 5.06. The molecule has 1 aliphatic rings. The van der Waals surface area contributed by atoms with Gasteiger partial charge in [0.1, 0.15) is 12.4 Å². The molecule has 1 aliphatic heterocycles. The van der Waals surface area contributed by atoms with Crippen LogP contribution in [0.25, 0.3) is 0 Å². The molecular weight excluding hydrogens is 256 g/mol. The van der Waals surface area contributed by atoms with Crippen molar-refractivity contribution < 1.29 is 14.6 Å². The number of aliphatic hydroxyl groups is 1. The predicted octanol–water partition coefficient (Wildman–Crippen LogP) is 0.941. The van der Waals surface area contributed by atoms with Crippen molar-refractivity contribution in [1.82, 2.24) is 10.2 Å². The molecule has 0 spiro atoms. The highest BCUT2D eigenvalue weighted by Crippen LogP contribution is 2.20. The first kappa shape index (κ1) is 14.8. The van der Waals surface area contributed by atoms with Gasteiger partial charge in [0.25, 0.3) is 0 Å². The zero-order valence-electron chi connectivity index (χ0n) is 11.8. The Labute approximate surface area is 119 Å². The maximum Gasteiger partial charge on any atom is 0.246 e. The van der Waals surface area contributed by atoms with E-state index in [9.17, 15) is 4.79 Å². The Bertz CT molecular complexity index is 427. The van der Waals surface area contributed by atoms with E-state index in [1.54, 1.807) is 7.11 Å². The first-order chi connectivity index (χ1) is 9.72. The highest BCUT2D eigenvalue weighted by Gasteiger charge is 2.20. The molecule has 1 atom stereocenters. The van der Waals surface area contributed by atoms with Crippen LogP contribution in [0.3, 0.4) is 0 Å². The van der Waals surface area contributed by atoms with E-state index in [0.29, 0.717) is 0 Å². The van der Waals surface area contributed by atoms with Crippen LogP contribution in [0.15, 0.2) is 24.3 Å². The summed E-state index contributed by atoms with van der Waals surface area (Å²) in [5, 5.41) is 11.8. The number of benzene rings is 1. The van der Waals surface area contributed by atoms with E-state index in [1.807, 2.05) is 24.3 Å². The number of nitrogens with zero attached hydrogens (tertiary/aromatic N) is 1. The molecule has 0 bridgehead atoms. The maximum atomic E-state index is 11.5. The highest BCUT2D eigenvalue weighted by molar-refractivity contribution is 5.77. The normalized spacial score (nSPS) is 16.9. The molecule has 0 saturated carbocycles. The van der Waals surface area contributed by atoms with Crippen LogP contribution >= 0.6 is 0 Å². The second-order valence-electron chi connectivity index (χ2n) is 5.06. The fourth-order valence-electron chi connectivity index (χ4n) is 2.53. The Hall–Kier alpha value is -1.59. The third-order valence-electron chi connectivity index (χ3n) is 3.64. The summed E-state index contributed by atoms with van der Waals surface area (Å²) in [5.74, 6) is 0.451. The Morgan fingerprint density at radius 3 is 2.55 bits per heavy atom. The van der Waals surface area contributed by atoms with Crippen molar-refractivity contribution in [3.8, 4) is 5.75 Å². The molecule has 20 heavy (non-hydrogen) atoms. The van der Waals surface area contributed by atoms with E-state index in [1.165, 1.54) is 12.8 Å². The van der Waals surface area contributed by atoms with Gasteiger partial charge in [-0.2, -0.15) is 0 Å². The van der Waals surface area contributed by atoms with E-state index in [4.69, 9.17) is 9.84 Å². The summed E-state index contributed by atoms with van der Waals surface area (Å²) in [5.41, 5.74) is 1.03. The van der Waals surface area contributed by atoms with Crippen molar-refractivity contribution in [2.24, 2.45) is 0 Å². The van der Waals surface area contributed by atoms with Gasteiger partial charge in [-0.15, -0.1) is 0 Å². The molecule has 5 nitrogen and oxygen atoms in total. The summed E-state index contributed by atoms with van der Waals surface area (Å²) in [6.07, 6.45) is 2.42. The first-order valence-corrected chi connectivity index (χ1v) is 6.99. The minimum atomic E-state index is -0.480. The summed E-state index contributed by atoms with van der Waals surface area (Å²) in [6.45, 7) is 2.44. The van der Waals surface area contributed by atoms with Crippen LogP contribution in [0.5, 0.6) is 5.75 Å². The van der Waals surface area contributed by atoms with E-state index in [2.05, 4.69) is 10.2 Å². The quantitative estimate of drug-likeness (QED) is 0.813. The maximum absolute atomic E-state index is 11.5. The van der Waals surface area contributed by atoms with Crippen molar-refractivity contribution in [1.29, 1.82) is 0 Å². The van der Waals surface area contributed by atoms with Gasteiger partial charge in [0.15, 0.2) is 0 Å². The van der Waals surface area contributed by atoms with Crippen LogP contribution in [0.1, 0.15) is 24.4 Å². The van der Waals surface area contributed by atoms with Crippen molar-refractivity contribution in [3.05, 3.63) is 29.8 Å². The molecule has 0 radical (unpaired) electrons. The van der Waals surface area contributed by atoms with Gasteiger partial charge in [-0.05, 0) is 43.6 Å². The summed E-state index contributed by atoms with van der Waals surface area (Å²) in [6, 6.07) is 7.59. The van der Waals surface area contributed by atoms with Gasteiger partial charge in [-0.25, -0.2) is 0 Å². The Morgan fingerprint density at radius 2 is 2.00 bits per heavy atom. The van der Waals surface area contributed by atoms with Gasteiger partial charge in [0.05, 0.1) is 13.2 Å². The number of carbonyl (C=O) groups excluding carboxylic acids is 1. The molecule has 1 saturated heterocycles. The van der Waals surface area contributed by atoms with Gasteiger partial charge in [0.2, 0.25) is 5.91 Å². The van der Waals surface area contributed by atoms with Gasteiger partial charge < -0.3 is 20.1 Å². The number of ether oxygens (including phenoxy) is 1. The monoisotopic (exact) mass is 278 g/mol. The lowest BCUT2D eigenvalue weighted by atomic mass is 10.1. The molecule has 0 unspecified atom stereocenters. The Morgan fingerprint density at radius 1 is 1.35 bits per heavy atom. The van der Waals surface area contributed by atoms with Crippen molar-refractivity contribution >= 4 is 5.91 Å². The average Bonchev–Trinajstić information content (AvgIpc) is 2.99. The standard InChI is InChI=1S/C15H22N2O3/c1-20-13-6-4-12(5-7-13)14(16-15(19)11-18)10-17-8-2-3-9-17/h4-7,14,18H,2-3,8-11H2,1H3,(H,16,19)/t14-/m0/s1. The first-order valence-electron chi connectivity index (χ1n) is 6.99. The van der Waals surface area contributed by atoms with Crippen LogP contribution in [-0.4, -0.2) is 49.3 Å². The number of methoxy groups -OCH3 is 1. The molecule has 1 heterocycles. The lowest BCUT2D eigenvalue weighted by Gasteiger charge is -2.24. The van der Waals surface area contributed by atoms with Crippen LogP contribution < -0.4 is 10.1 Å². The van der Waals surface area contributed by atoms with Gasteiger partial charge in [-0.3, -0.25) is 4.79 Å². The van der Waals surface area contributed by atoms with Crippen LogP contribution in [-0.2, 0) is 4.79 Å². The molecule has 1 aromatic carbocycles. The number of aliphatic hydroxyl groups excluding tert-OH is 1. The lowest BCUT2D eigenvalue weighted by molar-refractivity contribution is -0.124. The van der Waals surface area contributed by atoms with Crippen molar-refractivity contribution in [3.63, 3.8) is 0 Å².